The fourth-order valence-electron chi connectivity index (χ4n) is 4.16. The first-order valence-electron chi connectivity index (χ1n) is 12.6. The van der Waals surface area contributed by atoms with E-state index < -0.39 is 15.9 Å². The molecule has 0 saturated heterocycles. The fraction of sp³-hybridized carbons (Fsp3) is 0.286. The summed E-state index contributed by atoms with van der Waals surface area (Å²) in [7, 11) is -3.62. The zero-order chi connectivity index (χ0) is 28.0. The van der Waals surface area contributed by atoms with E-state index in [2.05, 4.69) is 5.32 Å². The number of hydrogen-bond acceptors (Lipinski definition) is 6. The maximum absolute atomic E-state index is 12.9. The summed E-state index contributed by atoms with van der Waals surface area (Å²) < 4.78 is 38.1. The third kappa shape index (κ3) is 6.70. The van der Waals surface area contributed by atoms with E-state index in [1.807, 2.05) is 0 Å². The number of halogens is 1. The van der Waals surface area contributed by atoms with Crippen LogP contribution in [-0.4, -0.2) is 57.4 Å². The SMILES string of the molecule is CCN(CC)S(=O)(=O)c1ccc(C(=O)Nc2ccc3c(c2)N(CCCOc2ccc(Cl)cc2)C(=O)CO3)cc1. The molecular formula is C28H30ClN3O6S. The number of amides is 2. The van der Waals surface area contributed by atoms with E-state index in [-0.39, 0.29) is 17.4 Å². The summed E-state index contributed by atoms with van der Waals surface area (Å²) >= 11 is 5.90. The molecule has 0 unspecified atom stereocenters. The van der Waals surface area contributed by atoms with Crippen LogP contribution in [-0.2, 0) is 14.8 Å². The minimum absolute atomic E-state index is 0.0699. The molecule has 0 saturated carbocycles. The van der Waals surface area contributed by atoms with Gasteiger partial charge in [0.2, 0.25) is 10.0 Å². The molecular weight excluding hydrogens is 542 g/mol. The zero-order valence-electron chi connectivity index (χ0n) is 21.7. The van der Waals surface area contributed by atoms with Crippen molar-refractivity contribution in [2.45, 2.75) is 25.2 Å². The van der Waals surface area contributed by atoms with E-state index in [1.165, 1.54) is 28.6 Å². The predicted molar refractivity (Wildman–Crippen MR) is 150 cm³/mol. The number of nitrogens with zero attached hydrogens (tertiary/aromatic N) is 2. The second kappa shape index (κ2) is 12.5. The van der Waals surface area contributed by atoms with Crippen LogP contribution in [0.5, 0.6) is 11.5 Å². The monoisotopic (exact) mass is 571 g/mol. The van der Waals surface area contributed by atoms with Gasteiger partial charge in [-0.1, -0.05) is 25.4 Å². The van der Waals surface area contributed by atoms with Crippen LogP contribution in [0.15, 0.2) is 71.6 Å². The summed E-state index contributed by atoms with van der Waals surface area (Å²) in [6, 6.07) is 17.9. The summed E-state index contributed by atoms with van der Waals surface area (Å²) in [5.41, 5.74) is 1.32. The molecule has 3 aromatic rings. The molecule has 1 heterocycles. The molecule has 2 amide bonds. The van der Waals surface area contributed by atoms with Gasteiger partial charge in [0.05, 0.1) is 17.2 Å². The molecule has 206 valence electrons. The second-order valence-electron chi connectivity index (χ2n) is 8.74. The highest BCUT2D eigenvalue weighted by Gasteiger charge is 2.26. The number of nitrogens with one attached hydrogen (secondary N) is 1. The number of benzene rings is 3. The van der Waals surface area contributed by atoms with Crippen LogP contribution in [0.25, 0.3) is 0 Å². The molecule has 39 heavy (non-hydrogen) atoms. The van der Waals surface area contributed by atoms with Crippen LogP contribution in [0.3, 0.4) is 0 Å². The lowest BCUT2D eigenvalue weighted by atomic mass is 10.1. The average molecular weight is 572 g/mol. The number of ether oxygens (including phenoxy) is 2. The molecule has 0 aliphatic carbocycles. The van der Waals surface area contributed by atoms with Crippen molar-refractivity contribution in [2.24, 2.45) is 0 Å². The summed E-state index contributed by atoms with van der Waals surface area (Å²) in [5, 5.41) is 3.44. The number of carbonyl (C=O) groups excluding carboxylic acids is 2. The van der Waals surface area contributed by atoms with Crippen LogP contribution in [0, 0.1) is 0 Å². The first-order chi connectivity index (χ1) is 18.7. The molecule has 0 atom stereocenters. The lowest BCUT2D eigenvalue weighted by molar-refractivity contribution is -0.121. The largest absolute Gasteiger partial charge is 0.494 e. The Bertz CT molecular complexity index is 1420. The fourth-order valence-corrected chi connectivity index (χ4v) is 5.75. The molecule has 1 N–H and O–H groups in total. The minimum Gasteiger partial charge on any atom is -0.494 e. The molecule has 11 heteroatoms. The molecule has 1 aliphatic heterocycles. The van der Waals surface area contributed by atoms with Gasteiger partial charge in [0.15, 0.2) is 6.61 Å². The number of fused-ring (bicyclic) bond motifs is 1. The van der Waals surface area contributed by atoms with Crippen LogP contribution in [0.1, 0.15) is 30.6 Å². The standard InChI is InChI=1S/C28H30ClN3O6S/c1-3-31(4-2)39(35,36)24-13-6-20(7-14-24)28(34)30-22-10-15-26-25(18-22)32(27(33)19-38-26)16-5-17-37-23-11-8-21(29)9-12-23/h6-15,18H,3-5,16-17,19H2,1-2H3,(H,30,34). The minimum atomic E-state index is -3.62. The Labute approximate surface area is 233 Å². The maximum Gasteiger partial charge on any atom is 0.265 e. The Hall–Kier alpha value is -3.60. The van der Waals surface area contributed by atoms with Crippen molar-refractivity contribution < 1.29 is 27.5 Å². The number of carbonyl (C=O) groups is 2. The Morgan fingerprint density at radius 3 is 2.41 bits per heavy atom. The van der Waals surface area contributed by atoms with Gasteiger partial charge < -0.3 is 19.7 Å². The third-order valence-electron chi connectivity index (χ3n) is 6.23. The van der Waals surface area contributed by atoms with E-state index in [0.29, 0.717) is 66.1 Å². The summed E-state index contributed by atoms with van der Waals surface area (Å²) in [6.07, 6.45) is 0.577. The molecule has 0 bridgehead atoms. The third-order valence-corrected chi connectivity index (χ3v) is 8.54. The van der Waals surface area contributed by atoms with Crippen LogP contribution < -0.4 is 19.7 Å². The number of hydrogen-bond donors (Lipinski definition) is 1. The topological polar surface area (TPSA) is 105 Å². The van der Waals surface area contributed by atoms with E-state index in [9.17, 15) is 18.0 Å². The highest BCUT2D eigenvalue weighted by molar-refractivity contribution is 7.89. The Morgan fingerprint density at radius 2 is 1.74 bits per heavy atom. The Balaban J connectivity index is 1.42. The molecule has 1 aliphatic rings. The molecule has 0 fully saturated rings. The van der Waals surface area contributed by atoms with E-state index >= 15 is 0 Å². The van der Waals surface area contributed by atoms with Gasteiger partial charge in [0.1, 0.15) is 11.5 Å². The summed E-state index contributed by atoms with van der Waals surface area (Å²) in [5.74, 6) is 0.629. The zero-order valence-corrected chi connectivity index (χ0v) is 23.3. The Morgan fingerprint density at radius 1 is 1.05 bits per heavy atom. The molecule has 4 rings (SSSR count). The first kappa shape index (κ1) is 28.4. The van der Waals surface area contributed by atoms with Crippen molar-refractivity contribution in [2.75, 3.05) is 43.1 Å². The van der Waals surface area contributed by atoms with Crippen molar-refractivity contribution in [3.8, 4) is 11.5 Å². The van der Waals surface area contributed by atoms with Crippen molar-refractivity contribution in [1.29, 1.82) is 0 Å². The Kier molecular flexibility index (Phi) is 9.11. The van der Waals surface area contributed by atoms with Gasteiger partial charge in [0.25, 0.3) is 11.8 Å². The van der Waals surface area contributed by atoms with E-state index in [0.717, 1.165) is 0 Å². The normalized spacial score (nSPS) is 13.1. The quantitative estimate of drug-likeness (QED) is 0.331. The van der Waals surface area contributed by atoms with Gasteiger partial charge in [-0.3, -0.25) is 9.59 Å². The van der Waals surface area contributed by atoms with Crippen LogP contribution in [0.2, 0.25) is 5.02 Å². The number of rotatable bonds is 11. The van der Waals surface area contributed by atoms with Gasteiger partial charge in [0, 0.05) is 35.9 Å². The lowest BCUT2D eigenvalue weighted by Gasteiger charge is -2.30. The van der Waals surface area contributed by atoms with Crippen LogP contribution in [0.4, 0.5) is 11.4 Å². The maximum atomic E-state index is 12.9. The number of anilines is 2. The molecule has 0 radical (unpaired) electrons. The van der Waals surface area contributed by atoms with Crippen molar-refractivity contribution in [3.63, 3.8) is 0 Å². The van der Waals surface area contributed by atoms with E-state index in [4.69, 9.17) is 21.1 Å². The molecule has 9 nitrogen and oxygen atoms in total. The average Bonchev–Trinajstić information content (AvgIpc) is 2.93. The number of sulfonamides is 1. The highest BCUT2D eigenvalue weighted by Crippen LogP contribution is 2.35. The van der Waals surface area contributed by atoms with Gasteiger partial charge in [-0.2, -0.15) is 4.31 Å². The predicted octanol–water partition coefficient (Wildman–Crippen LogP) is 4.82. The van der Waals surface area contributed by atoms with Crippen molar-refractivity contribution >= 4 is 44.8 Å². The molecule has 0 aromatic heterocycles. The van der Waals surface area contributed by atoms with Gasteiger partial charge in [-0.15, -0.1) is 0 Å². The molecule has 3 aromatic carbocycles. The smallest absolute Gasteiger partial charge is 0.265 e. The van der Waals surface area contributed by atoms with Crippen molar-refractivity contribution in [3.05, 3.63) is 77.3 Å². The lowest BCUT2D eigenvalue weighted by Crippen LogP contribution is -2.39. The first-order valence-corrected chi connectivity index (χ1v) is 14.4. The van der Waals surface area contributed by atoms with Gasteiger partial charge in [-0.25, -0.2) is 8.42 Å². The van der Waals surface area contributed by atoms with Crippen molar-refractivity contribution in [1.82, 2.24) is 4.31 Å². The van der Waals surface area contributed by atoms with Crippen LogP contribution >= 0.6 is 11.6 Å². The highest BCUT2D eigenvalue weighted by atomic mass is 35.5. The molecule has 0 spiro atoms. The van der Waals surface area contributed by atoms with E-state index in [1.54, 1.807) is 61.2 Å². The summed E-state index contributed by atoms with van der Waals surface area (Å²) in [4.78, 5) is 27.3. The van der Waals surface area contributed by atoms with Gasteiger partial charge in [-0.05, 0) is 73.2 Å². The second-order valence-corrected chi connectivity index (χ2v) is 11.1. The summed E-state index contributed by atoms with van der Waals surface area (Å²) in [6.45, 7) is 5.00. The van der Waals surface area contributed by atoms with Gasteiger partial charge >= 0.3 is 0 Å².